The molecule has 0 fully saturated rings. The summed E-state index contributed by atoms with van der Waals surface area (Å²) >= 11 is 1.66. The Balaban J connectivity index is 2.80. The minimum atomic E-state index is -0.745. The van der Waals surface area contributed by atoms with E-state index in [1.807, 2.05) is 13.8 Å². The fraction of sp³-hybridized carbons (Fsp3) is 0.667. The van der Waals surface area contributed by atoms with E-state index in [4.69, 9.17) is 5.11 Å². The van der Waals surface area contributed by atoms with Crippen LogP contribution in [-0.2, 0) is 11.2 Å². The lowest BCUT2D eigenvalue weighted by Gasteiger charge is -2.05. The molecule has 0 spiro atoms. The Labute approximate surface area is 101 Å². The molecule has 1 aromatic heterocycles. The van der Waals surface area contributed by atoms with Gasteiger partial charge in [0, 0.05) is 17.2 Å². The number of carboxylic acids is 1. The normalized spacial score (nSPS) is 13.1. The lowest BCUT2D eigenvalue weighted by molar-refractivity contribution is -0.137. The molecule has 3 nitrogen and oxygen atoms in total. The van der Waals surface area contributed by atoms with Gasteiger partial charge in [-0.1, -0.05) is 20.8 Å². The van der Waals surface area contributed by atoms with Crippen LogP contribution in [0.5, 0.6) is 0 Å². The molecule has 0 saturated carbocycles. The molecule has 0 amide bonds. The Morgan fingerprint density at radius 2 is 2.06 bits per heavy atom. The Kier molecular flexibility index (Phi) is 4.47. The van der Waals surface area contributed by atoms with Crippen LogP contribution in [0.2, 0.25) is 0 Å². The first-order valence-corrected chi connectivity index (χ1v) is 6.39. The van der Waals surface area contributed by atoms with Gasteiger partial charge in [0.15, 0.2) is 0 Å². The van der Waals surface area contributed by atoms with E-state index in [1.54, 1.807) is 11.3 Å². The largest absolute Gasteiger partial charge is 0.481 e. The zero-order valence-electron chi connectivity index (χ0n) is 10.3. The number of nitrogens with zero attached hydrogens (tertiary/aromatic N) is 1. The quantitative estimate of drug-likeness (QED) is 0.861. The molecule has 1 aromatic rings. The fourth-order valence-corrected chi connectivity index (χ4v) is 3.05. The number of carboxylic acid groups (broad SMARTS) is 1. The second-order valence-electron chi connectivity index (χ2n) is 4.65. The average molecular weight is 241 g/mol. The molecule has 0 radical (unpaired) electrons. The summed E-state index contributed by atoms with van der Waals surface area (Å²) in [5.74, 6) is -0.0881. The van der Waals surface area contributed by atoms with Gasteiger partial charge in [0.05, 0.1) is 17.1 Å². The van der Waals surface area contributed by atoms with Gasteiger partial charge in [-0.3, -0.25) is 4.79 Å². The standard InChI is InChI=1S/C12H19NO2S/c1-7(2)5-10-13-9(4)12(16-10)8(3)6-11(14)15/h7-8H,5-6H2,1-4H3,(H,14,15). The molecule has 16 heavy (non-hydrogen) atoms. The minimum absolute atomic E-state index is 0.0657. The molecule has 0 aromatic carbocycles. The van der Waals surface area contributed by atoms with Crippen LogP contribution in [0.25, 0.3) is 0 Å². The van der Waals surface area contributed by atoms with Gasteiger partial charge < -0.3 is 5.11 Å². The van der Waals surface area contributed by atoms with Crippen LogP contribution in [0.3, 0.4) is 0 Å². The van der Waals surface area contributed by atoms with E-state index in [0.29, 0.717) is 5.92 Å². The molecular weight excluding hydrogens is 222 g/mol. The zero-order valence-corrected chi connectivity index (χ0v) is 11.1. The van der Waals surface area contributed by atoms with Gasteiger partial charge in [-0.2, -0.15) is 0 Å². The maximum absolute atomic E-state index is 10.7. The van der Waals surface area contributed by atoms with Crippen molar-refractivity contribution in [2.24, 2.45) is 5.92 Å². The summed E-state index contributed by atoms with van der Waals surface area (Å²) < 4.78 is 0. The van der Waals surface area contributed by atoms with Crippen LogP contribution in [0, 0.1) is 12.8 Å². The third-order valence-corrected chi connectivity index (χ3v) is 3.80. The molecule has 0 aliphatic rings. The minimum Gasteiger partial charge on any atom is -0.481 e. The van der Waals surface area contributed by atoms with Crippen molar-refractivity contribution in [2.45, 2.75) is 46.5 Å². The molecule has 0 aliphatic carbocycles. The summed E-state index contributed by atoms with van der Waals surface area (Å²) in [4.78, 5) is 16.3. The Hall–Kier alpha value is -0.900. The zero-order chi connectivity index (χ0) is 12.3. The van der Waals surface area contributed by atoms with Crippen LogP contribution in [0.1, 0.15) is 48.7 Å². The van der Waals surface area contributed by atoms with Crippen LogP contribution >= 0.6 is 11.3 Å². The Morgan fingerprint density at radius 3 is 2.56 bits per heavy atom. The van der Waals surface area contributed by atoms with E-state index in [9.17, 15) is 4.79 Å². The predicted molar refractivity (Wildman–Crippen MR) is 66.1 cm³/mol. The van der Waals surface area contributed by atoms with Gasteiger partial charge in [-0.05, 0) is 12.8 Å². The molecule has 1 N–H and O–H groups in total. The summed E-state index contributed by atoms with van der Waals surface area (Å²) in [5, 5.41) is 9.90. The van der Waals surface area contributed by atoms with Crippen molar-refractivity contribution in [3.8, 4) is 0 Å². The van der Waals surface area contributed by atoms with Gasteiger partial charge >= 0.3 is 5.97 Å². The topological polar surface area (TPSA) is 50.2 Å². The number of hydrogen-bond donors (Lipinski definition) is 1. The molecule has 4 heteroatoms. The van der Waals surface area contributed by atoms with Gasteiger partial charge in [-0.25, -0.2) is 4.98 Å². The molecule has 1 atom stereocenters. The third kappa shape index (κ3) is 3.59. The predicted octanol–water partition coefficient (Wildman–Crippen LogP) is 3.23. The Bertz CT molecular complexity index is 371. The molecule has 0 saturated heterocycles. The van der Waals surface area contributed by atoms with Crippen molar-refractivity contribution >= 4 is 17.3 Å². The first kappa shape index (κ1) is 13.2. The first-order chi connectivity index (χ1) is 7.40. The van der Waals surface area contributed by atoms with Crippen LogP contribution in [-0.4, -0.2) is 16.1 Å². The number of carbonyl (C=O) groups is 1. The molecule has 1 unspecified atom stereocenters. The Morgan fingerprint density at radius 1 is 1.44 bits per heavy atom. The van der Waals surface area contributed by atoms with Crippen molar-refractivity contribution in [2.75, 3.05) is 0 Å². The van der Waals surface area contributed by atoms with Crippen molar-refractivity contribution < 1.29 is 9.90 Å². The summed E-state index contributed by atoms with van der Waals surface area (Å²) in [5.41, 5.74) is 0.995. The first-order valence-electron chi connectivity index (χ1n) is 5.58. The van der Waals surface area contributed by atoms with Crippen molar-refractivity contribution in [3.05, 3.63) is 15.6 Å². The second-order valence-corrected chi connectivity index (χ2v) is 5.77. The number of aryl methyl sites for hydroxylation is 1. The maximum atomic E-state index is 10.7. The van der Waals surface area contributed by atoms with Gasteiger partial charge in [0.1, 0.15) is 0 Å². The highest BCUT2D eigenvalue weighted by molar-refractivity contribution is 7.11. The van der Waals surface area contributed by atoms with Gasteiger partial charge in [0.25, 0.3) is 0 Å². The maximum Gasteiger partial charge on any atom is 0.303 e. The SMILES string of the molecule is Cc1nc(CC(C)C)sc1C(C)CC(=O)O. The monoisotopic (exact) mass is 241 g/mol. The smallest absolute Gasteiger partial charge is 0.303 e. The lowest BCUT2D eigenvalue weighted by atomic mass is 10.1. The molecular formula is C12H19NO2S. The number of hydrogen-bond acceptors (Lipinski definition) is 3. The number of thiazole rings is 1. The fourth-order valence-electron chi connectivity index (χ4n) is 1.71. The molecule has 0 aliphatic heterocycles. The molecule has 90 valence electrons. The summed E-state index contributed by atoms with van der Waals surface area (Å²) in [6.07, 6.45) is 1.16. The van der Waals surface area contributed by atoms with Crippen molar-refractivity contribution in [1.29, 1.82) is 0 Å². The lowest BCUT2D eigenvalue weighted by Crippen LogP contribution is -2.02. The highest BCUT2D eigenvalue weighted by Gasteiger charge is 2.17. The van der Waals surface area contributed by atoms with E-state index >= 15 is 0 Å². The van der Waals surface area contributed by atoms with Gasteiger partial charge in [-0.15, -0.1) is 11.3 Å². The van der Waals surface area contributed by atoms with Crippen LogP contribution < -0.4 is 0 Å². The van der Waals surface area contributed by atoms with Crippen LogP contribution in [0.4, 0.5) is 0 Å². The number of aliphatic carboxylic acids is 1. The van der Waals surface area contributed by atoms with E-state index < -0.39 is 5.97 Å². The molecule has 0 bridgehead atoms. The number of aromatic nitrogens is 1. The van der Waals surface area contributed by atoms with Crippen molar-refractivity contribution in [3.63, 3.8) is 0 Å². The number of rotatable bonds is 5. The van der Waals surface area contributed by atoms with E-state index in [-0.39, 0.29) is 12.3 Å². The summed E-state index contributed by atoms with van der Waals surface area (Å²) in [7, 11) is 0. The van der Waals surface area contributed by atoms with E-state index in [2.05, 4.69) is 18.8 Å². The average Bonchev–Trinajstić information content (AvgIpc) is 2.44. The van der Waals surface area contributed by atoms with Gasteiger partial charge in [0.2, 0.25) is 0 Å². The summed E-state index contributed by atoms with van der Waals surface area (Å²) in [6.45, 7) is 8.25. The van der Waals surface area contributed by atoms with Crippen LogP contribution in [0.15, 0.2) is 0 Å². The van der Waals surface area contributed by atoms with Crippen molar-refractivity contribution in [1.82, 2.24) is 4.98 Å². The highest BCUT2D eigenvalue weighted by atomic mass is 32.1. The van der Waals surface area contributed by atoms with E-state index in [1.165, 1.54) is 0 Å². The highest BCUT2D eigenvalue weighted by Crippen LogP contribution is 2.29. The molecule has 1 heterocycles. The van der Waals surface area contributed by atoms with E-state index in [0.717, 1.165) is 22.0 Å². The summed E-state index contributed by atoms with van der Waals surface area (Å²) in [6, 6.07) is 0. The molecule has 1 rings (SSSR count). The second kappa shape index (κ2) is 5.43. The third-order valence-electron chi connectivity index (χ3n) is 2.39.